The first-order valence-electron chi connectivity index (χ1n) is 6.86. The van der Waals surface area contributed by atoms with E-state index in [1.165, 1.54) is 0 Å². The largest absolute Gasteiger partial charge is 0.478 e. The third-order valence-corrected chi connectivity index (χ3v) is 2.61. The van der Waals surface area contributed by atoms with Gasteiger partial charge in [0, 0.05) is 30.9 Å². The van der Waals surface area contributed by atoms with Crippen molar-refractivity contribution in [2.75, 3.05) is 30.3 Å². The number of anilines is 2. The number of nitrogens with two attached hydrogens (primary N) is 1. The summed E-state index contributed by atoms with van der Waals surface area (Å²) in [6.07, 6.45) is 3.21. The number of ether oxygens (including phenoxy) is 1. The van der Waals surface area contributed by atoms with Crippen molar-refractivity contribution >= 4 is 11.5 Å². The van der Waals surface area contributed by atoms with Crippen LogP contribution in [0.3, 0.4) is 0 Å². The molecule has 0 bridgehead atoms. The second kappa shape index (κ2) is 7.80. The van der Waals surface area contributed by atoms with Gasteiger partial charge in [-0.05, 0) is 19.3 Å². The minimum Gasteiger partial charge on any atom is -0.478 e. The molecular formula is C14H25N3O. The number of nitrogen functional groups attached to an aromatic ring is 1. The summed E-state index contributed by atoms with van der Waals surface area (Å²) in [5.74, 6) is 1.15. The third kappa shape index (κ3) is 4.43. The van der Waals surface area contributed by atoms with E-state index in [0.717, 1.165) is 38.0 Å². The summed E-state index contributed by atoms with van der Waals surface area (Å²) in [6.45, 7) is 9.18. The normalized spacial score (nSPS) is 10.4. The second-order valence-electron chi connectivity index (χ2n) is 4.42. The van der Waals surface area contributed by atoms with Crippen LogP contribution < -0.4 is 15.4 Å². The van der Waals surface area contributed by atoms with Gasteiger partial charge >= 0.3 is 0 Å². The molecule has 102 valence electrons. The molecule has 0 aliphatic rings. The lowest BCUT2D eigenvalue weighted by Crippen LogP contribution is -2.25. The monoisotopic (exact) mass is 251 g/mol. The van der Waals surface area contributed by atoms with Gasteiger partial charge in [-0.25, -0.2) is 0 Å². The van der Waals surface area contributed by atoms with Gasteiger partial charge in [-0.1, -0.05) is 20.8 Å². The fraction of sp³-hybridized carbons (Fsp3) is 0.643. The number of hydrogen-bond acceptors (Lipinski definition) is 4. The first-order chi connectivity index (χ1) is 8.71. The summed E-state index contributed by atoms with van der Waals surface area (Å²) in [7, 11) is 0. The number of aromatic nitrogens is 1. The summed E-state index contributed by atoms with van der Waals surface area (Å²) < 4.78 is 5.57. The van der Waals surface area contributed by atoms with Crippen LogP contribution in [0.25, 0.3) is 0 Å². The molecule has 4 nitrogen and oxygen atoms in total. The molecule has 2 N–H and O–H groups in total. The molecular weight excluding hydrogens is 226 g/mol. The van der Waals surface area contributed by atoms with E-state index in [1.54, 1.807) is 0 Å². The topological polar surface area (TPSA) is 51.4 Å². The highest BCUT2D eigenvalue weighted by Crippen LogP contribution is 2.23. The lowest BCUT2D eigenvalue weighted by molar-refractivity contribution is 0.306. The Kier molecular flexibility index (Phi) is 6.33. The predicted octanol–water partition coefficient (Wildman–Crippen LogP) is 3.08. The van der Waals surface area contributed by atoms with Crippen LogP contribution in [0.4, 0.5) is 11.5 Å². The van der Waals surface area contributed by atoms with E-state index in [2.05, 4.69) is 30.7 Å². The maximum Gasteiger partial charge on any atom is 0.217 e. The Morgan fingerprint density at radius 3 is 2.33 bits per heavy atom. The molecule has 1 aromatic rings. The fourth-order valence-corrected chi connectivity index (χ4v) is 1.88. The third-order valence-electron chi connectivity index (χ3n) is 2.61. The van der Waals surface area contributed by atoms with E-state index < -0.39 is 0 Å². The second-order valence-corrected chi connectivity index (χ2v) is 4.42. The quantitative estimate of drug-likeness (QED) is 0.771. The van der Waals surface area contributed by atoms with E-state index >= 15 is 0 Å². The van der Waals surface area contributed by atoms with Crippen molar-refractivity contribution in [3.63, 3.8) is 0 Å². The molecule has 1 heterocycles. The Labute approximate surface area is 110 Å². The number of rotatable bonds is 8. The summed E-state index contributed by atoms with van der Waals surface area (Å²) in [4.78, 5) is 6.53. The Balaban J connectivity index is 2.87. The molecule has 0 atom stereocenters. The highest BCUT2D eigenvalue weighted by atomic mass is 16.5. The highest BCUT2D eigenvalue weighted by molar-refractivity contribution is 5.55. The van der Waals surface area contributed by atoms with Gasteiger partial charge in [0.15, 0.2) is 0 Å². The van der Waals surface area contributed by atoms with Gasteiger partial charge in [-0.15, -0.1) is 0 Å². The van der Waals surface area contributed by atoms with Crippen LogP contribution >= 0.6 is 0 Å². The van der Waals surface area contributed by atoms with E-state index in [-0.39, 0.29) is 0 Å². The van der Waals surface area contributed by atoms with E-state index in [0.29, 0.717) is 18.3 Å². The van der Waals surface area contributed by atoms with E-state index in [9.17, 15) is 0 Å². The minimum absolute atomic E-state index is 0.524. The van der Waals surface area contributed by atoms with Crippen LogP contribution in [-0.4, -0.2) is 24.7 Å². The Morgan fingerprint density at radius 2 is 1.78 bits per heavy atom. The van der Waals surface area contributed by atoms with Crippen molar-refractivity contribution in [3.8, 4) is 5.88 Å². The predicted molar refractivity (Wildman–Crippen MR) is 77.2 cm³/mol. The smallest absolute Gasteiger partial charge is 0.217 e. The van der Waals surface area contributed by atoms with Gasteiger partial charge in [0.2, 0.25) is 5.88 Å². The average Bonchev–Trinajstić information content (AvgIpc) is 2.35. The molecule has 1 rings (SSSR count). The van der Waals surface area contributed by atoms with Crippen LogP contribution in [0.1, 0.15) is 40.0 Å². The van der Waals surface area contributed by atoms with Gasteiger partial charge in [-0.2, -0.15) is 4.98 Å². The molecule has 1 aromatic heterocycles. The average molecular weight is 251 g/mol. The Morgan fingerprint density at radius 1 is 1.11 bits per heavy atom. The van der Waals surface area contributed by atoms with Crippen molar-refractivity contribution in [2.45, 2.75) is 40.0 Å². The Hall–Kier alpha value is -1.45. The van der Waals surface area contributed by atoms with Gasteiger partial charge in [0.1, 0.15) is 5.82 Å². The summed E-state index contributed by atoms with van der Waals surface area (Å²) >= 11 is 0. The number of nitrogens with zero attached hydrogens (tertiary/aromatic N) is 2. The van der Waals surface area contributed by atoms with Crippen molar-refractivity contribution in [3.05, 3.63) is 12.1 Å². The van der Waals surface area contributed by atoms with Crippen LogP contribution in [0, 0.1) is 0 Å². The van der Waals surface area contributed by atoms with Crippen LogP contribution in [-0.2, 0) is 0 Å². The van der Waals surface area contributed by atoms with Gasteiger partial charge < -0.3 is 15.4 Å². The van der Waals surface area contributed by atoms with Crippen LogP contribution in [0.15, 0.2) is 12.1 Å². The first-order valence-corrected chi connectivity index (χ1v) is 6.86. The molecule has 0 aliphatic heterocycles. The summed E-state index contributed by atoms with van der Waals surface area (Å²) in [6, 6.07) is 3.90. The molecule has 0 saturated heterocycles. The zero-order valence-corrected chi connectivity index (χ0v) is 11.8. The van der Waals surface area contributed by atoms with Crippen molar-refractivity contribution < 1.29 is 4.74 Å². The van der Waals surface area contributed by atoms with Gasteiger partial charge in [-0.3, -0.25) is 0 Å². The zero-order valence-electron chi connectivity index (χ0n) is 11.8. The molecule has 0 fully saturated rings. The molecule has 4 heteroatoms. The molecule has 18 heavy (non-hydrogen) atoms. The van der Waals surface area contributed by atoms with Gasteiger partial charge in [0.05, 0.1) is 6.61 Å². The summed E-state index contributed by atoms with van der Waals surface area (Å²) in [5, 5.41) is 0. The Bertz CT molecular complexity index is 349. The lowest BCUT2D eigenvalue weighted by atomic mass is 10.3. The molecule has 0 aromatic carbocycles. The highest BCUT2D eigenvalue weighted by Gasteiger charge is 2.08. The SMILES string of the molecule is CCCOc1cc(N(CCC)CCC)cc(N)n1. The standard InChI is InChI=1S/C14H25N3O/c1-4-7-17(8-5-2)12-10-13(15)16-14(11-12)18-9-6-3/h10-11H,4-9H2,1-3H3,(H2,15,16). The molecule has 0 saturated carbocycles. The number of pyridine rings is 1. The minimum atomic E-state index is 0.524. The molecule has 0 radical (unpaired) electrons. The first kappa shape index (κ1) is 14.6. The molecule has 0 aliphatic carbocycles. The zero-order chi connectivity index (χ0) is 13.4. The molecule has 0 amide bonds. The van der Waals surface area contributed by atoms with E-state index in [1.807, 2.05) is 12.1 Å². The molecule has 0 spiro atoms. The molecule has 0 unspecified atom stereocenters. The van der Waals surface area contributed by atoms with Gasteiger partial charge in [0.25, 0.3) is 0 Å². The van der Waals surface area contributed by atoms with E-state index in [4.69, 9.17) is 10.5 Å². The maximum absolute atomic E-state index is 5.84. The summed E-state index contributed by atoms with van der Waals surface area (Å²) in [5.41, 5.74) is 6.95. The number of hydrogen-bond donors (Lipinski definition) is 1. The fourth-order valence-electron chi connectivity index (χ4n) is 1.88. The van der Waals surface area contributed by atoms with Crippen molar-refractivity contribution in [1.82, 2.24) is 4.98 Å². The van der Waals surface area contributed by atoms with Crippen LogP contribution in [0.5, 0.6) is 5.88 Å². The van der Waals surface area contributed by atoms with Crippen molar-refractivity contribution in [2.24, 2.45) is 0 Å². The lowest BCUT2D eigenvalue weighted by Gasteiger charge is -2.24. The maximum atomic E-state index is 5.84. The van der Waals surface area contributed by atoms with Crippen LogP contribution in [0.2, 0.25) is 0 Å². The van der Waals surface area contributed by atoms with Crippen molar-refractivity contribution in [1.29, 1.82) is 0 Å².